The highest BCUT2D eigenvalue weighted by Gasteiger charge is 2.27. The maximum atomic E-state index is 10.8. The number of hydrogen-bond donors (Lipinski definition) is 2. The van der Waals surface area contributed by atoms with Crippen LogP contribution in [0.15, 0.2) is 36.6 Å². The van der Waals surface area contributed by atoms with E-state index in [4.69, 9.17) is 5.11 Å². The summed E-state index contributed by atoms with van der Waals surface area (Å²) in [4.78, 5) is 10.8. The van der Waals surface area contributed by atoms with Crippen molar-refractivity contribution in [2.24, 2.45) is 5.92 Å². The SMILES string of the molecule is C=CC1=C(C=C)N(S)CC(C(=O)O)C1. The number of hydrogen-bond acceptors (Lipinski definition) is 3. The highest BCUT2D eigenvalue weighted by Crippen LogP contribution is 2.28. The van der Waals surface area contributed by atoms with Gasteiger partial charge in [-0.05, 0) is 18.1 Å². The number of carboxylic acid groups (broad SMARTS) is 1. The first-order chi connectivity index (χ1) is 6.60. The first-order valence-corrected chi connectivity index (χ1v) is 4.67. The van der Waals surface area contributed by atoms with Gasteiger partial charge in [-0.25, -0.2) is 0 Å². The van der Waals surface area contributed by atoms with E-state index in [1.54, 1.807) is 16.5 Å². The molecule has 0 saturated heterocycles. The van der Waals surface area contributed by atoms with E-state index in [1.807, 2.05) is 0 Å². The van der Waals surface area contributed by atoms with Gasteiger partial charge >= 0.3 is 5.97 Å². The lowest BCUT2D eigenvalue weighted by Crippen LogP contribution is -2.31. The lowest BCUT2D eigenvalue weighted by atomic mass is 9.94. The van der Waals surface area contributed by atoms with Crippen molar-refractivity contribution in [2.45, 2.75) is 6.42 Å². The Morgan fingerprint density at radius 1 is 1.57 bits per heavy atom. The molecule has 0 spiro atoms. The van der Waals surface area contributed by atoms with Crippen LogP contribution in [0.2, 0.25) is 0 Å². The molecular formula is C10H13NO2S. The van der Waals surface area contributed by atoms with Gasteiger partial charge in [-0.3, -0.25) is 4.79 Å². The summed E-state index contributed by atoms with van der Waals surface area (Å²) in [6.45, 7) is 7.71. The number of rotatable bonds is 3. The maximum Gasteiger partial charge on any atom is 0.308 e. The summed E-state index contributed by atoms with van der Waals surface area (Å²) in [7, 11) is 0. The van der Waals surface area contributed by atoms with E-state index in [0.717, 1.165) is 11.3 Å². The summed E-state index contributed by atoms with van der Waals surface area (Å²) in [6, 6.07) is 0. The quantitative estimate of drug-likeness (QED) is 0.700. The van der Waals surface area contributed by atoms with Crippen LogP contribution >= 0.6 is 12.8 Å². The molecule has 1 aliphatic rings. The van der Waals surface area contributed by atoms with Crippen molar-refractivity contribution in [3.63, 3.8) is 0 Å². The van der Waals surface area contributed by atoms with E-state index in [-0.39, 0.29) is 0 Å². The molecule has 0 saturated carbocycles. The first-order valence-electron chi connectivity index (χ1n) is 4.27. The highest BCUT2D eigenvalue weighted by atomic mass is 32.1. The second-order valence-electron chi connectivity index (χ2n) is 3.14. The lowest BCUT2D eigenvalue weighted by Gasteiger charge is -2.30. The van der Waals surface area contributed by atoms with E-state index < -0.39 is 11.9 Å². The van der Waals surface area contributed by atoms with Crippen molar-refractivity contribution in [1.82, 2.24) is 4.31 Å². The fourth-order valence-corrected chi connectivity index (χ4v) is 1.90. The molecule has 0 radical (unpaired) electrons. The zero-order valence-electron chi connectivity index (χ0n) is 7.81. The summed E-state index contributed by atoms with van der Waals surface area (Å²) < 4.78 is 1.60. The van der Waals surface area contributed by atoms with Crippen LogP contribution in [0, 0.1) is 5.92 Å². The van der Waals surface area contributed by atoms with Crippen LogP contribution in [0.3, 0.4) is 0 Å². The summed E-state index contributed by atoms with van der Waals surface area (Å²) in [6.07, 6.45) is 3.83. The molecule has 14 heavy (non-hydrogen) atoms. The van der Waals surface area contributed by atoms with E-state index in [9.17, 15) is 4.79 Å². The largest absolute Gasteiger partial charge is 0.481 e. The van der Waals surface area contributed by atoms with Crippen molar-refractivity contribution in [3.05, 3.63) is 36.6 Å². The topological polar surface area (TPSA) is 40.5 Å². The fourth-order valence-electron chi connectivity index (χ4n) is 1.50. The minimum Gasteiger partial charge on any atom is -0.481 e. The van der Waals surface area contributed by atoms with Gasteiger partial charge in [0.2, 0.25) is 0 Å². The average molecular weight is 211 g/mol. The zero-order valence-corrected chi connectivity index (χ0v) is 8.70. The summed E-state index contributed by atoms with van der Waals surface area (Å²) in [5.41, 5.74) is 1.73. The number of allylic oxidation sites excluding steroid dienone is 3. The van der Waals surface area contributed by atoms with Crippen LogP contribution < -0.4 is 0 Å². The van der Waals surface area contributed by atoms with Gasteiger partial charge in [0.1, 0.15) is 0 Å². The molecule has 1 N–H and O–H groups in total. The summed E-state index contributed by atoms with van der Waals surface area (Å²) in [5, 5.41) is 8.88. The molecule has 4 heteroatoms. The number of carbonyl (C=O) groups is 1. The molecule has 0 aromatic carbocycles. The molecule has 1 aliphatic heterocycles. The minimum atomic E-state index is -0.800. The molecular weight excluding hydrogens is 198 g/mol. The smallest absolute Gasteiger partial charge is 0.308 e. The Balaban J connectivity index is 2.98. The molecule has 0 aromatic heterocycles. The molecule has 0 fully saturated rings. The first kappa shape index (κ1) is 10.9. The van der Waals surface area contributed by atoms with Gasteiger partial charge < -0.3 is 9.41 Å². The summed E-state index contributed by atoms with van der Waals surface area (Å²) >= 11 is 4.20. The highest BCUT2D eigenvalue weighted by molar-refractivity contribution is 7.77. The lowest BCUT2D eigenvalue weighted by molar-refractivity contribution is -0.142. The number of aliphatic carboxylic acids is 1. The van der Waals surface area contributed by atoms with Crippen molar-refractivity contribution >= 4 is 18.8 Å². The standard InChI is InChI=1S/C10H13NO2S/c1-3-7-5-8(10(12)13)6-11(14)9(7)4-2/h3-4,8,14H,1-2,5-6H2,(H,12,13). The van der Waals surface area contributed by atoms with E-state index in [2.05, 4.69) is 26.0 Å². The monoisotopic (exact) mass is 211 g/mol. The Morgan fingerprint density at radius 2 is 2.21 bits per heavy atom. The molecule has 76 valence electrons. The number of carboxylic acids is 1. The van der Waals surface area contributed by atoms with Gasteiger partial charge in [0, 0.05) is 12.2 Å². The molecule has 1 unspecified atom stereocenters. The third-order valence-corrected chi connectivity index (χ3v) is 2.63. The Kier molecular flexibility index (Phi) is 3.41. The number of thiol groups is 1. The molecule has 1 atom stereocenters. The van der Waals surface area contributed by atoms with Gasteiger partial charge in [-0.1, -0.05) is 32.0 Å². The predicted octanol–water partition coefficient (Wildman–Crippen LogP) is 1.86. The van der Waals surface area contributed by atoms with Gasteiger partial charge in [0.25, 0.3) is 0 Å². The van der Waals surface area contributed by atoms with E-state index >= 15 is 0 Å². The normalized spacial score (nSPS) is 22.1. The van der Waals surface area contributed by atoms with Crippen molar-refractivity contribution < 1.29 is 9.90 Å². The second kappa shape index (κ2) is 4.37. The minimum absolute atomic E-state index is 0.400. The molecule has 0 bridgehead atoms. The van der Waals surface area contributed by atoms with Gasteiger partial charge in [0.15, 0.2) is 0 Å². The fraction of sp³-hybridized carbons (Fsp3) is 0.300. The maximum absolute atomic E-state index is 10.8. The molecule has 3 nitrogen and oxygen atoms in total. The molecule has 0 aromatic rings. The van der Waals surface area contributed by atoms with Crippen LogP contribution in [0.5, 0.6) is 0 Å². The van der Waals surface area contributed by atoms with Crippen LogP contribution in [0.25, 0.3) is 0 Å². The van der Waals surface area contributed by atoms with Crippen molar-refractivity contribution in [1.29, 1.82) is 0 Å². The van der Waals surface area contributed by atoms with E-state index in [1.165, 1.54) is 0 Å². The Labute approximate surface area is 89.0 Å². The Bertz CT molecular complexity index is 309. The molecule has 1 rings (SSSR count). The second-order valence-corrected chi connectivity index (χ2v) is 3.62. The van der Waals surface area contributed by atoms with Gasteiger partial charge in [0.05, 0.1) is 5.92 Å². The van der Waals surface area contributed by atoms with Crippen LogP contribution in [-0.4, -0.2) is 21.9 Å². The van der Waals surface area contributed by atoms with E-state index in [0.29, 0.717) is 13.0 Å². The predicted molar refractivity (Wildman–Crippen MR) is 58.9 cm³/mol. The molecule has 1 heterocycles. The Morgan fingerprint density at radius 3 is 2.64 bits per heavy atom. The number of nitrogens with zero attached hydrogens (tertiary/aromatic N) is 1. The van der Waals surface area contributed by atoms with Gasteiger partial charge in [-0.15, -0.1) is 0 Å². The van der Waals surface area contributed by atoms with Crippen molar-refractivity contribution in [3.8, 4) is 0 Å². The third kappa shape index (κ3) is 2.01. The molecule has 0 aliphatic carbocycles. The Hall–Kier alpha value is -1.16. The summed E-state index contributed by atoms with van der Waals surface area (Å²) in [5.74, 6) is -1.21. The van der Waals surface area contributed by atoms with Crippen LogP contribution in [-0.2, 0) is 4.79 Å². The zero-order chi connectivity index (χ0) is 10.7. The van der Waals surface area contributed by atoms with Gasteiger partial charge in [-0.2, -0.15) is 0 Å². The third-order valence-electron chi connectivity index (χ3n) is 2.26. The van der Waals surface area contributed by atoms with Crippen molar-refractivity contribution in [2.75, 3.05) is 6.54 Å². The molecule has 0 amide bonds. The van der Waals surface area contributed by atoms with Crippen LogP contribution in [0.4, 0.5) is 0 Å². The average Bonchev–Trinajstić information content (AvgIpc) is 2.16. The van der Waals surface area contributed by atoms with Crippen LogP contribution in [0.1, 0.15) is 6.42 Å².